The Morgan fingerprint density at radius 3 is 2.71 bits per heavy atom. The number of nitrogens with zero attached hydrogens (tertiary/aromatic N) is 4. The van der Waals surface area contributed by atoms with Crippen LogP contribution in [0.4, 0.5) is 4.79 Å². The van der Waals surface area contributed by atoms with Gasteiger partial charge in [-0.3, -0.25) is 4.79 Å². The van der Waals surface area contributed by atoms with Gasteiger partial charge in [0.25, 0.3) is 0 Å². The van der Waals surface area contributed by atoms with E-state index < -0.39 is 17.6 Å². The molecule has 2 aliphatic rings. The van der Waals surface area contributed by atoms with E-state index >= 15 is 0 Å². The van der Waals surface area contributed by atoms with Gasteiger partial charge < -0.3 is 24.1 Å². The first-order chi connectivity index (χ1) is 16.2. The largest absolute Gasteiger partial charge is 0.444 e. The first-order valence-electron chi connectivity index (χ1n) is 11.4. The zero-order valence-electron chi connectivity index (χ0n) is 19.8. The molecule has 2 aromatic rings. The summed E-state index contributed by atoms with van der Waals surface area (Å²) in [5.74, 6) is -0.0707. The molecule has 0 bridgehead atoms. The van der Waals surface area contributed by atoms with E-state index in [0.717, 1.165) is 18.4 Å². The summed E-state index contributed by atoms with van der Waals surface area (Å²) in [4.78, 5) is 27.0. The van der Waals surface area contributed by atoms with Gasteiger partial charge in [0.05, 0.1) is 24.3 Å². The fourth-order valence-corrected chi connectivity index (χ4v) is 4.15. The number of hydrogen-bond acceptors (Lipinski definition) is 8. The molecule has 34 heavy (non-hydrogen) atoms. The van der Waals surface area contributed by atoms with Gasteiger partial charge >= 0.3 is 17.9 Å². The van der Waals surface area contributed by atoms with Crippen LogP contribution in [-0.4, -0.2) is 65.0 Å². The molecule has 1 aromatic carbocycles. The summed E-state index contributed by atoms with van der Waals surface area (Å²) >= 11 is 0. The predicted octanol–water partition coefficient (Wildman–Crippen LogP) is 3.24. The van der Waals surface area contributed by atoms with Crippen molar-refractivity contribution in [1.82, 2.24) is 20.4 Å². The highest BCUT2D eigenvalue weighted by Crippen LogP contribution is 2.44. The number of nitrogens with one attached hydrogen (secondary N) is 1. The molecule has 180 valence electrons. The fraction of sp³-hybridized carbons (Fsp3) is 0.542. The Kier molecular flexibility index (Phi) is 6.57. The molecule has 0 radical (unpaired) electrons. The number of carbonyl (C=O) groups is 2. The molecule has 2 atom stereocenters. The van der Waals surface area contributed by atoms with Crippen LogP contribution in [0.25, 0.3) is 11.5 Å². The van der Waals surface area contributed by atoms with E-state index in [1.165, 1.54) is 0 Å². The third-order valence-electron chi connectivity index (χ3n) is 5.79. The quantitative estimate of drug-likeness (QED) is 0.685. The summed E-state index contributed by atoms with van der Waals surface area (Å²) in [6.07, 6.45) is 2.20. The van der Waals surface area contributed by atoms with Gasteiger partial charge in [0.1, 0.15) is 5.60 Å². The fourth-order valence-electron chi connectivity index (χ4n) is 4.15. The van der Waals surface area contributed by atoms with Crippen molar-refractivity contribution in [3.8, 4) is 17.5 Å². The maximum absolute atomic E-state index is 12.8. The summed E-state index contributed by atoms with van der Waals surface area (Å²) in [5.41, 5.74) is 1.59. The highest BCUT2D eigenvalue weighted by molar-refractivity contribution is 5.90. The molecule has 1 aliphatic heterocycles. The molecule has 1 aromatic heterocycles. The zero-order chi connectivity index (χ0) is 24.5. The van der Waals surface area contributed by atoms with E-state index in [2.05, 4.69) is 21.6 Å². The molecule has 0 unspecified atom stereocenters. The number of ether oxygens (including phenoxy) is 2. The van der Waals surface area contributed by atoms with Gasteiger partial charge in [0.2, 0.25) is 5.89 Å². The van der Waals surface area contributed by atoms with Crippen LogP contribution in [0.2, 0.25) is 0 Å². The monoisotopic (exact) mass is 467 g/mol. The molecule has 2 heterocycles. The molecule has 1 aliphatic carbocycles. The maximum Gasteiger partial charge on any atom is 0.410 e. The number of carbonyl (C=O) groups excluding carboxylic acids is 2. The second-order valence-corrected chi connectivity index (χ2v) is 9.75. The van der Waals surface area contributed by atoms with Gasteiger partial charge in [0.15, 0.2) is 0 Å². The third kappa shape index (κ3) is 5.37. The minimum Gasteiger partial charge on any atom is -0.444 e. The van der Waals surface area contributed by atoms with E-state index in [1.807, 2.05) is 6.07 Å². The second-order valence-electron chi connectivity index (χ2n) is 9.75. The summed E-state index contributed by atoms with van der Waals surface area (Å²) in [5, 5.41) is 20.1. The second kappa shape index (κ2) is 9.43. The molecular weight excluding hydrogens is 438 g/mol. The van der Waals surface area contributed by atoms with E-state index in [9.17, 15) is 14.9 Å². The number of aromatic nitrogens is 2. The van der Waals surface area contributed by atoms with Crippen molar-refractivity contribution >= 4 is 12.0 Å². The standard InChI is InChI=1S/C24H29N5O5/c1-24(2,3)34-23(31)29-12-16(10-17(29)13-32-4)26-20(30)22-28-27-21(33-22)19-9-14(11-25)5-8-18(19)15-6-7-15/h5,8-9,15-17H,6-7,10,12-13H2,1-4H3,(H,26,30)/t16-,17+/m1/s1. The summed E-state index contributed by atoms with van der Waals surface area (Å²) in [6, 6.07) is 6.98. The van der Waals surface area contributed by atoms with Crippen molar-refractivity contribution in [2.45, 2.75) is 63.6 Å². The number of benzene rings is 1. The van der Waals surface area contributed by atoms with Crippen molar-refractivity contribution in [1.29, 1.82) is 5.26 Å². The van der Waals surface area contributed by atoms with Gasteiger partial charge in [-0.1, -0.05) is 6.07 Å². The van der Waals surface area contributed by atoms with Crippen LogP contribution >= 0.6 is 0 Å². The van der Waals surface area contributed by atoms with Crippen LogP contribution in [0.15, 0.2) is 22.6 Å². The Labute approximate surface area is 198 Å². The van der Waals surface area contributed by atoms with E-state index in [1.54, 1.807) is 44.9 Å². The molecule has 1 N–H and O–H groups in total. The van der Waals surface area contributed by atoms with E-state index in [4.69, 9.17) is 13.9 Å². The zero-order valence-corrected chi connectivity index (χ0v) is 19.8. The van der Waals surface area contributed by atoms with Crippen LogP contribution in [0, 0.1) is 11.3 Å². The van der Waals surface area contributed by atoms with Crippen molar-refractivity contribution in [2.24, 2.45) is 0 Å². The van der Waals surface area contributed by atoms with Crippen LogP contribution in [0.1, 0.15) is 67.8 Å². The Bertz CT molecular complexity index is 1110. The highest BCUT2D eigenvalue weighted by atomic mass is 16.6. The van der Waals surface area contributed by atoms with Gasteiger partial charge in [-0.15, -0.1) is 10.2 Å². The molecular formula is C24H29N5O5. The summed E-state index contributed by atoms with van der Waals surface area (Å²) in [6.45, 7) is 6.03. The molecule has 10 nitrogen and oxygen atoms in total. The van der Waals surface area contributed by atoms with Crippen molar-refractivity contribution in [2.75, 3.05) is 20.3 Å². The average Bonchev–Trinajstić information content (AvgIpc) is 3.36. The number of likely N-dealkylation sites (tertiary alicyclic amines) is 1. The Morgan fingerprint density at radius 1 is 1.29 bits per heavy atom. The normalized spacial score (nSPS) is 20.1. The number of hydrogen-bond donors (Lipinski definition) is 1. The van der Waals surface area contributed by atoms with Crippen LogP contribution in [0.5, 0.6) is 0 Å². The Balaban J connectivity index is 1.46. The molecule has 2 fully saturated rings. The molecule has 1 saturated carbocycles. The van der Waals surface area contributed by atoms with E-state index in [0.29, 0.717) is 30.1 Å². The SMILES string of the molecule is COC[C@@H]1C[C@@H](NC(=O)c2nnc(-c3cc(C#N)ccc3C3CC3)o2)CN1C(=O)OC(C)(C)C. The summed E-state index contributed by atoms with van der Waals surface area (Å²) in [7, 11) is 1.57. The lowest BCUT2D eigenvalue weighted by molar-refractivity contribution is 0.0146. The Morgan fingerprint density at radius 2 is 2.06 bits per heavy atom. The van der Waals surface area contributed by atoms with Gasteiger partial charge in [0, 0.05) is 25.3 Å². The van der Waals surface area contributed by atoms with Gasteiger partial charge in [-0.25, -0.2) is 4.79 Å². The topological polar surface area (TPSA) is 131 Å². The predicted molar refractivity (Wildman–Crippen MR) is 121 cm³/mol. The van der Waals surface area contributed by atoms with Crippen molar-refractivity contribution < 1.29 is 23.5 Å². The first-order valence-corrected chi connectivity index (χ1v) is 11.4. The lowest BCUT2D eigenvalue weighted by atomic mass is 10.0. The van der Waals surface area contributed by atoms with Gasteiger partial charge in [-0.05, 0) is 63.6 Å². The van der Waals surface area contributed by atoms with Gasteiger partial charge in [-0.2, -0.15) is 5.26 Å². The van der Waals surface area contributed by atoms with Crippen molar-refractivity contribution in [3.05, 3.63) is 35.2 Å². The first kappa shape index (κ1) is 23.7. The number of nitriles is 1. The molecule has 4 rings (SSSR count). The minimum atomic E-state index is -0.627. The molecule has 0 spiro atoms. The maximum atomic E-state index is 12.8. The average molecular weight is 468 g/mol. The molecule has 2 amide bonds. The smallest absolute Gasteiger partial charge is 0.410 e. The summed E-state index contributed by atoms with van der Waals surface area (Å²) < 4.78 is 16.5. The highest BCUT2D eigenvalue weighted by Gasteiger charge is 2.39. The molecule has 1 saturated heterocycles. The molecule has 10 heteroatoms. The lowest BCUT2D eigenvalue weighted by Crippen LogP contribution is -2.43. The van der Waals surface area contributed by atoms with Crippen molar-refractivity contribution in [3.63, 3.8) is 0 Å². The van der Waals surface area contributed by atoms with Crippen LogP contribution in [-0.2, 0) is 9.47 Å². The minimum absolute atomic E-state index is 0.168. The number of amides is 2. The van der Waals surface area contributed by atoms with Crippen LogP contribution < -0.4 is 5.32 Å². The Hall–Kier alpha value is -3.45. The van der Waals surface area contributed by atoms with E-state index in [-0.39, 0.29) is 30.4 Å². The lowest BCUT2D eigenvalue weighted by Gasteiger charge is -2.28. The third-order valence-corrected chi connectivity index (χ3v) is 5.79. The van der Waals surface area contributed by atoms with Crippen LogP contribution in [0.3, 0.4) is 0 Å². The number of rotatable bonds is 6. The number of methoxy groups -OCH3 is 1.